The van der Waals surface area contributed by atoms with Crippen LogP contribution in [-0.2, 0) is 0 Å². The fourth-order valence-electron chi connectivity index (χ4n) is 9.84. The van der Waals surface area contributed by atoms with E-state index in [-0.39, 0.29) is 95.5 Å². The van der Waals surface area contributed by atoms with Gasteiger partial charge in [0, 0.05) is 41.7 Å². The Labute approximate surface area is 557 Å². The predicted molar refractivity (Wildman–Crippen MR) is 344 cm³/mol. The molecule has 4 aromatic heterocycles. The van der Waals surface area contributed by atoms with Crippen molar-refractivity contribution >= 4 is 58.0 Å². The summed E-state index contributed by atoms with van der Waals surface area (Å²) in [6, 6.07) is 22.2. The maximum absolute atomic E-state index is 15.0. The third-order valence-electron chi connectivity index (χ3n) is 14.9. The van der Waals surface area contributed by atoms with E-state index in [1.54, 1.807) is 58.0 Å². The molecule has 96 heavy (non-hydrogen) atoms. The molecule has 4 heterocycles. The standard InChI is InChI=1S/C34H29F4N3O5.C22H16F4IN3O4.C12H15BO3/c1-4-43-24-10-12-26(32(37)30(24)35)45-28-16-29(46-27-13-11-25(44-5-2)31(36)33(27)38)40-41-22(17-39-34(28)41)20-8-9-21(18(3)14-20)23(42)15-19-6-7-19;1-3-31-11-5-7-13(20(25)18(11)23)33-15-9-17(29-30-16(27)10-28-22(15)30)34-14-8-6-12(32-4-2)19(24)21(14)26;1-8-6-10(13(15)16)4-5-11(8)12(14)7-9-2-3-9/h8-14,16-17,19H,4-7,15H2,1-3H3;5-10H,3-4H2,1-2H3;4-6,9,15-16H,2-3,7H2,1H3. The van der Waals surface area contributed by atoms with Gasteiger partial charge in [-0.05, 0) is 173 Å². The molecule has 0 bridgehead atoms. The second-order valence-electron chi connectivity index (χ2n) is 21.9. The highest BCUT2D eigenvalue weighted by molar-refractivity contribution is 14.1. The van der Waals surface area contributed by atoms with Crippen LogP contribution in [0.1, 0.15) is 98.1 Å². The molecule has 28 heteroatoms. The van der Waals surface area contributed by atoms with E-state index in [0.29, 0.717) is 56.2 Å². The highest BCUT2D eigenvalue weighted by Gasteiger charge is 2.29. The summed E-state index contributed by atoms with van der Waals surface area (Å²) < 4.78 is 163. The molecule has 12 rings (SSSR count). The average molecular weight is 1440 g/mol. The number of ketones is 2. The fraction of sp³-hybridized carbons (Fsp3) is 0.265. The lowest BCUT2D eigenvalue weighted by Crippen LogP contribution is -2.30. The number of ether oxygens (including phenoxy) is 8. The summed E-state index contributed by atoms with van der Waals surface area (Å²) >= 11 is 1.93. The molecular weight excluding hydrogens is 1380 g/mol. The van der Waals surface area contributed by atoms with E-state index in [4.69, 9.17) is 47.9 Å². The van der Waals surface area contributed by atoms with Gasteiger partial charge in [0.1, 0.15) is 3.70 Å². The number of benzene rings is 6. The summed E-state index contributed by atoms with van der Waals surface area (Å²) in [4.78, 5) is 33.2. The van der Waals surface area contributed by atoms with Crippen LogP contribution < -0.4 is 43.4 Å². The van der Waals surface area contributed by atoms with Crippen molar-refractivity contribution in [1.29, 1.82) is 0 Å². The van der Waals surface area contributed by atoms with Gasteiger partial charge in [-0.15, -0.1) is 10.2 Å². The predicted octanol–water partition coefficient (Wildman–Crippen LogP) is 15.6. The van der Waals surface area contributed by atoms with Crippen LogP contribution in [0.4, 0.5) is 35.1 Å². The molecule has 6 aromatic carbocycles. The minimum Gasteiger partial charge on any atom is -0.491 e. The molecule has 18 nitrogen and oxygen atoms in total. The number of rotatable bonds is 24. The highest BCUT2D eigenvalue weighted by atomic mass is 127. The third-order valence-corrected chi connectivity index (χ3v) is 15.6. The molecule has 0 spiro atoms. The van der Waals surface area contributed by atoms with Crippen LogP contribution in [0, 0.1) is 75.9 Å². The van der Waals surface area contributed by atoms with Gasteiger partial charge >= 0.3 is 7.12 Å². The van der Waals surface area contributed by atoms with Crippen LogP contribution in [0.15, 0.2) is 109 Å². The van der Waals surface area contributed by atoms with Crippen molar-refractivity contribution in [1.82, 2.24) is 29.2 Å². The summed E-state index contributed by atoms with van der Waals surface area (Å²) in [5.74, 6) is -12.6. The molecule has 0 unspecified atom stereocenters. The zero-order chi connectivity index (χ0) is 68.6. The summed E-state index contributed by atoms with van der Waals surface area (Å²) in [5.41, 5.74) is 4.61. The Morgan fingerprint density at radius 2 is 0.823 bits per heavy atom. The van der Waals surface area contributed by atoms with Crippen LogP contribution in [0.5, 0.6) is 69.3 Å². The Bertz CT molecular complexity index is 4550. The van der Waals surface area contributed by atoms with Crippen LogP contribution in [0.3, 0.4) is 0 Å². The van der Waals surface area contributed by atoms with Gasteiger partial charge in [-0.1, -0.05) is 30.3 Å². The van der Waals surface area contributed by atoms with Crippen molar-refractivity contribution in [3.63, 3.8) is 0 Å². The molecule has 0 radical (unpaired) electrons. The quantitative estimate of drug-likeness (QED) is 0.0249. The summed E-state index contributed by atoms with van der Waals surface area (Å²) in [7, 11) is -1.47. The maximum atomic E-state index is 15.0. The van der Waals surface area contributed by atoms with Crippen LogP contribution >= 0.6 is 22.6 Å². The van der Waals surface area contributed by atoms with E-state index in [2.05, 4.69) is 20.2 Å². The van der Waals surface area contributed by atoms with Crippen LogP contribution in [-0.4, -0.2) is 84.4 Å². The van der Waals surface area contributed by atoms with Crippen molar-refractivity contribution in [3.8, 4) is 80.5 Å². The second-order valence-corrected chi connectivity index (χ2v) is 23.0. The SMILES string of the molecule is CCOc1ccc(Oc2cc(Oc3ccc(OCC)c(F)c3F)c3ncc(-c4ccc(C(=O)CC5CC5)c(C)c4)n3n2)c(F)c1F.CCOc1ccc(Oc2cc(Oc3ccc(OCC)c(F)c3F)c3ncc(I)n3n2)c(F)c1F.Cc1cc(B(O)O)ccc1C(=O)CC1CC1. The molecule has 2 aliphatic rings. The maximum Gasteiger partial charge on any atom is 0.488 e. The van der Waals surface area contributed by atoms with Crippen molar-refractivity contribution in [2.45, 2.75) is 80.1 Å². The molecule has 500 valence electrons. The second kappa shape index (κ2) is 30.5. The topological polar surface area (TPSA) is 209 Å². The van der Waals surface area contributed by atoms with Gasteiger partial charge in [0.2, 0.25) is 58.3 Å². The smallest absolute Gasteiger partial charge is 0.488 e. The molecule has 0 atom stereocenters. The number of fused-ring (bicyclic) bond motifs is 2. The number of carbonyl (C=O) groups is 2. The highest BCUT2D eigenvalue weighted by Crippen LogP contribution is 2.41. The largest absolute Gasteiger partial charge is 0.491 e. The number of aromatic nitrogens is 6. The van der Waals surface area contributed by atoms with Crippen molar-refractivity contribution in [3.05, 3.63) is 182 Å². The zero-order valence-electron chi connectivity index (χ0n) is 52.3. The average Bonchev–Trinajstić information content (AvgIpc) is 1.56. The first-order valence-electron chi connectivity index (χ1n) is 30.3. The van der Waals surface area contributed by atoms with Crippen molar-refractivity contribution < 1.29 is 92.7 Å². The number of aryl methyl sites for hydroxylation is 2. The summed E-state index contributed by atoms with van der Waals surface area (Å²) in [6.07, 6.45) is 8.51. The minimum absolute atomic E-state index is 0.0674. The van der Waals surface area contributed by atoms with Gasteiger partial charge < -0.3 is 47.9 Å². The molecule has 2 saturated carbocycles. The summed E-state index contributed by atoms with van der Waals surface area (Å²) in [6.45, 7) is 10.7. The summed E-state index contributed by atoms with van der Waals surface area (Å²) in [5, 5.41) is 26.6. The lowest BCUT2D eigenvalue weighted by molar-refractivity contribution is 0.0967. The Morgan fingerprint density at radius 3 is 1.21 bits per heavy atom. The molecule has 0 aliphatic heterocycles. The number of hydrogen-bond donors (Lipinski definition) is 2. The van der Waals surface area contributed by atoms with Gasteiger partial charge in [-0.25, -0.2) is 19.0 Å². The minimum atomic E-state index is -1.47. The lowest BCUT2D eigenvalue weighted by atomic mass is 9.78. The van der Waals surface area contributed by atoms with E-state index in [0.717, 1.165) is 36.8 Å². The van der Waals surface area contributed by atoms with Gasteiger partial charge in [0.15, 0.2) is 80.4 Å². The molecule has 0 saturated heterocycles. The number of halogens is 9. The van der Waals surface area contributed by atoms with Crippen LogP contribution in [0.2, 0.25) is 0 Å². The van der Waals surface area contributed by atoms with E-state index in [1.165, 1.54) is 82.1 Å². The number of carbonyl (C=O) groups excluding carboxylic acids is 2. The first kappa shape index (κ1) is 69.3. The van der Waals surface area contributed by atoms with E-state index >= 15 is 4.39 Å². The third kappa shape index (κ3) is 15.9. The van der Waals surface area contributed by atoms with Gasteiger partial charge in [-0.3, -0.25) is 9.59 Å². The number of nitrogens with zero attached hydrogens (tertiary/aromatic N) is 6. The first-order valence-corrected chi connectivity index (χ1v) is 31.4. The molecule has 10 aromatic rings. The van der Waals surface area contributed by atoms with E-state index in [1.807, 2.05) is 42.5 Å². The normalized spacial score (nSPS) is 12.5. The Hall–Kier alpha value is -9.55. The Morgan fingerprint density at radius 1 is 0.469 bits per heavy atom. The van der Waals surface area contributed by atoms with Crippen molar-refractivity contribution in [2.75, 3.05) is 26.4 Å². The monoisotopic (exact) mass is 1440 g/mol. The molecule has 2 N–H and O–H groups in total. The van der Waals surface area contributed by atoms with Gasteiger partial charge in [0.25, 0.3) is 0 Å². The fourth-order valence-corrected chi connectivity index (χ4v) is 10.3. The molecule has 0 amide bonds. The molecule has 2 aliphatic carbocycles. The number of Topliss-reactive ketones (excluding diaryl/α,β-unsaturated/α-hetero) is 2. The zero-order valence-corrected chi connectivity index (χ0v) is 54.4. The molecule has 2 fully saturated rings. The number of imidazole rings is 2. The van der Waals surface area contributed by atoms with Gasteiger partial charge in [0.05, 0.1) is 44.5 Å². The van der Waals surface area contributed by atoms with E-state index in [9.17, 15) is 40.3 Å². The molecular formula is C68H60BF8IN6O12. The lowest BCUT2D eigenvalue weighted by Gasteiger charge is -2.14. The Kier molecular flexibility index (Phi) is 22.0. The van der Waals surface area contributed by atoms with Crippen molar-refractivity contribution in [2.24, 2.45) is 11.8 Å². The first-order chi connectivity index (χ1) is 46.1. The van der Waals surface area contributed by atoms with E-state index < -0.39 is 76.7 Å². The van der Waals surface area contributed by atoms with Gasteiger partial charge in [-0.2, -0.15) is 35.1 Å². The number of hydrogen-bond acceptors (Lipinski definition) is 16. The Balaban J connectivity index is 0.000000175. The van der Waals surface area contributed by atoms with Crippen LogP contribution in [0.25, 0.3) is 22.6 Å².